The first-order valence-electron chi connectivity index (χ1n) is 3.88. The highest BCUT2D eigenvalue weighted by Crippen LogP contribution is 2.18. The van der Waals surface area contributed by atoms with Crippen molar-refractivity contribution >= 4 is 17.3 Å². The summed E-state index contributed by atoms with van der Waals surface area (Å²) in [5.74, 6) is 0. The van der Waals surface area contributed by atoms with Crippen molar-refractivity contribution in [2.75, 3.05) is 0 Å². The van der Waals surface area contributed by atoms with Crippen LogP contribution >= 0.6 is 11.6 Å². The molecule has 0 spiro atoms. The third-order valence-electron chi connectivity index (χ3n) is 1.25. The Morgan fingerprint density at radius 3 is 2.46 bits per heavy atom. The molecule has 13 heavy (non-hydrogen) atoms. The van der Waals surface area contributed by atoms with Gasteiger partial charge in [-0.05, 0) is 13.0 Å². The van der Waals surface area contributed by atoms with E-state index >= 15 is 0 Å². The Labute approximate surface area is 81.7 Å². The van der Waals surface area contributed by atoms with Crippen LogP contribution in [0.2, 0.25) is 5.15 Å². The van der Waals surface area contributed by atoms with Gasteiger partial charge in [0.1, 0.15) is 11.3 Å². The number of rotatable bonds is 1. The van der Waals surface area contributed by atoms with Gasteiger partial charge in [-0.1, -0.05) is 25.4 Å². The summed E-state index contributed by atoms with van der Waals surface area (Å²) in [4.78, 5) is 13.4. The molecule has 4 nitrogen and oxygen atoms in total. The zero-order chi connectivity index (χ0) is 10.4. The summed E-state index contributed by atoms with van der Waals surface area (Å²) in [5.41, 5.74) is 0.518. The van der Waals surface area contributed by atoms with Crippen LogP contribution in [0.1, 0.15) is 19.4 Å². The molecule has 0 aliphatic rings. The Morgan fingerprint density at radius 1 is 1.54 bits per heavy atom. The van der Waals surface area contributed by atoms with Gasteiger partial charge in [0.25, 0.3) is 5.69 Å². The maximum atomic E-state index is 10.3. The summed E-state index contributed by atoms with van der Waals surface area (Å²) < 4.78 is 0. The minimum atomic E-state index is -0.487. The largest absolute Gasteiger partial charge is 0.290 e. The second-order valence-corrected chi connectivity index (χ2v) is 2.44. The van der Waals surface area contributed by atoms with Crippen LogP contribution < -0.4 is 0 Å². The molecule has 0 fully saturated rings. The second-order valence-electron chi connectivity index (χ2n) is 2.05. The van der Waals surface area contributed by atoms with E-state index in [9.17, 15) is 10.1 Å². The first kappa shape index (κ1) is 11.8. The molecule has 0 unspecified atom stereocenters. The number of aryl methyl sites for hydroxylation is 1. The van der Waals surface area contributed by atoms with Crippen LogP contribution in [-0.2, 0) is 0 Å². The number of aromatic nitrogens is 1. The van der Waals surface area contributed by atoms with Gasteiger partial charge >= 0.3 is 0 Å². The van der Waals surface area contributed by atoms with Crippen LogP contribution in [-0.4, -0.2) is 9.91 Å². The fourth-order valence-electron chi connectivity index (χ4n) is 0.706. The third-order valence-corrected chi connectivity index (χ3v) is 1.45. The number of nitro groups is 1. The lowest BCUT2D eigenvalue weighted by molar-refractivity contribution is -0.385. The van der Waals surface area contributed by atoms with E-state index in [1.807, 2.05) is 13.8 Å². The number of pyridine rings is 1. The van der Waals surface area contributed by atoms with Gasteiger partial charge in [-0.15, -0.1) is 0 Å². The molecule has 0 aliphatic carbocycles. The quantitative estimate of drug-likeness (QED) is 0.400. The zero-order valence-electron chi connectivity index (χ0n) is 7.74. The highest BCUT2D eigenvalue weighted by atomic mass is 35.5. The molecule has 72 valence electrons. The first-order chi connectivity index (χ1) is 6.11. The van der Waals surface area contributed by atoms with Crippen molar-refractivity contribution in [1.29, 1.82) is 0 Å². The maximum Gasteiger partial charge on any atom is 0.290 e. The van der Waals surface area contributed by atoms with E-state index in [1.54, 1.807) is 6.92 Å². The van der Waals surface area contributed by atoms with Crippen LogP contribution in [0.5, 0.6) is 0 Å². The van der Waals surface area contributed by atoms with Gasteiger partial charge in [0.2, 0.25) is 0 Å². The lowest BCUT2D eigenvalue weighted by Gasteiger charge is -1.94. The predicted octanol–water partition coefficient (Wildman–Crippen LogP) is 2.98. The topological polar surface area (TPSA) is 56.0 Å². The molecule has 0 N–H and O–H groups in total. The minimum absolute atomic E-state index is 0.00519. The average Bonchev–Trinajstić information content (AvgIpc) is 2.07. The van der Waals surface area contributed by atoms with Crippen molar-refractivity contribution in [2.24, 2.45) is 0 Å². The normalized spacial score (nSPS) is 8.62. The number of nitrogens with zero attached hydrogens (tertiary/aromatic N) is 2. The molecule has 0 radical (unpaired) electrons. The van der Waals surface area contributed by atoms with Crippen molar-refractivity contribution in [3.63, 3.8) is 0 Å². The standard InChI is InChI=1S/C6H5ClN2O2.C2H6/c1-4-2-6(7)8-3-5(4)9(10)11;1-2/h2-3H,1H3;1-2H3. The Balaban J connectivity index is 0.000000671. The average molecular weight is 203 g/mol. The fraction of sp³-hybridized carbons (Fsp3) is 0.375. The molecule has 0 aliphatic heterocycles. The fourth-order valence-corrected chi connectivity index (χ4v) is 0.918. The van der Waals surface area contributed by atoms with Crippen LogP contribution in [0.25, 0.3) is 0 Å². The molecule has 1 aromatic rings. The molecule has 5 heteroatoms. The highest BCUT2D eigenvalue weighted by Gasteiger charge is 2.09. The van der Waals surface area contributed by atoms with E-state index in [0.29, 0.717) is 5.56 Å². The maximum absolute atomic E-state index is 10.3. The van der Waals surface area contributed by atoms with Gasteiger partial charge in [0, 0.05) is 5.56 Å². The molecule has 0 atom stereocenters. The number of hydrogen-bond donors (Lipinski definition) is 0. The van der Waals surface area contributed by atoms with E-state index in [-0.39, 0.29) is 10.8 Å². The molecule has 0 bridgehead atoms. The lowest BCUT2D eigenvalue weighted by atomic mass is 10.3. The molecule has 0 saturated heterocycles. The van der Waals surface area contributed by atoms with Crippen molar-refractivity contribution in [1.82, 2.24) is 4.98 Å². The van der Waals surface area contributed by atoms with Crippen LogP contribution in [0.3, 0.4) is 0 Å². The molecule has 1 rings (SSSR count). The summed E-state index contributed by atoms with van der Waals surface area (Å²) in [6.07, 6.45) is 1.15. The minimum Gasteiger partial charge on any atom is -0.258 e. The monoisotopic (exact) mass is 202 g/mol. The van der Waals surface area contributed by atoms with Gasteiger partial charge < -0.3 is 0 Å². The van der Waals surface area contributed by atoms with Crippen molar-refractivity contribution in [2.45, 2.75) is 20.8 Å². The van der Waals surface area contributed by atoms with Crippen LogP contribution in [0.4, 0.5) is 5.69 Å². The van der Waals surface area contributed by atoms with E-state index in [0.717, 1.165) is 6.20 Å². The number of hydrogen-bond acceptors (Lipinski definition) is 3. The molecular weight excluding hydrogens is 192 g/mol. The van der Waals surface area contributed by atoms with Gasteiger partial charge in [0.15, 0.2) is 0 Å². The Hall–Kier alpha value is -1.16. The smallest absolute Gasteiger partial charge is 0.258 e. The van der Waals surface area contributed by atoms with E-state index in [2.05, 4.69) is 4.98 Å². The summed E-state index contributed by atoms with van der Waals surface area (Å²) in [7, 11) is 0. The van der Waals surface area contributed by atoms with E-state index < -0.39 is 4.92 Å². The van der Waals surface area contributed by atoms with Gasteiger partial charge in [-0.3, -0.25) is 10.1 Å². The van der Waals surface area contributed by atoms with Crippen molar-refractivity contribution in [3.05, 3.63) is 33.1 Å². The van der Waals surface area contributed by atoms with Gasteiger partial charge in [-0.25, -0.2) is 4.98 Å². The first-order valence-corrected chi connectivity index (χ1v) is 4.25. The van der Waals surface area contributed by atoms with E-state index in [4.69, 9.17) is 11.6 Å². The third kappa shape index (κ3) is 3.38. The summed E-state index contributed by atoms with van der Waals surface area (Å²) in [5, 5.41) is 10.5. The Bertz CT molecular complexity index is 302. The Morgan fingerprint density at radius 2 is 2.08 bits per heavy atom. The molecule has 0 aromatic carbocycles. The zero-order valence-corrected chi connectivity index (χ0v) is 8.50. The SMILES string of the molecule is CC.Cc1cc(Cl)ncc1[N+](=O)[O-]. The predicted molar refractivity (Wildman–Crippen MR) is 52.0 cm³/mol. The highest BCUT2D eigenvalue weighted by molar-refractivity contribution is 6.29. The van der Waals surface area contributed by atoms with Crippen LogP contribution in [0.15, 0.2) is 12.3 Å². The number of halogens is 1. The Kier molecular flexibility index (Phi) is 4.99. The van der Waals surface area contributed by atoms with Crippen LogP contribution in [0, 0.1) is 17.0 Å². The molecule has 1 aromatic heterocycles. The van der Waals surface area contributed by atoms with Gasteiger partial charge in [0.05, 0.1) is 4.92 Å². The van der Waals surface area contributed by atoms with E-state index in [1.165, 1.54) is 6.07 Å². The summed E-state index contributed by atoms with van der Waals surface area (Å²) in [6, 6.07) is 1.46. The van der Waals surface area contributed by atoms with Crippen molar-refractivity contribution in [3.8, 4) is 0 Å². The molecular formula is C8H11ClN2O2. The molecule has 0 amide bonds. The summed E-state index contributed by atoms with van der Waals surface area (Å²) >= 11 is 5.49. The molecule has 0 saturated carbocycles. The van der Waals surface area contributed by atoms with Crippen molar-refractivity contribution < 1.29 is 4.92 Å². The molecule has 1 heterocycles. The van der Waals surface area contributed by atoms with Gasteiger partial charge in [-0.2, -0.15) is 0 Å². The summed E-state index contributed by atoms with van der Waals surface area (Å²) in [6.45, 7) is 5.62. The second kappa shape index (κ2) is 5.48. The lowest BCUT2D eigenvalue weighted by Crippen LogP contribution is -1.92.